The predicted molar refractivity (Wildman–Crippen MR) is 40.1 cm³/mol. The molecule has 0 aromatic rings. The van der Waals surface area contributed by atoms with Crippen LogP contribution in [-0.4, -0.2) is 14.7 Å². The zero-order valence-electron chi connectivity index (χ0n) is 4.34. The van der Waals surface area contributed by atoms with Crippen LogP contribution < -0.4 is 3.30 Å². The fourth-order valence-corrected chi connectivity index (χ4v) is 2.23. The molecule has 0 rings (SSSR count). The van der Waals surface area contributed by atoms with E-state index in [1.165, 1.54) is 22.9 Å². The van der Waals surface area contributed by atoms with Gasteiger partial charge in [0.25, 0.3) is 0 Å². The highest BCUT2D eigenvalue weighted by molar-refractivity contribution is 14.1. The molecule has 0 radical (unpaired) electrons. The van der Waals surface area contributed by atoms with E-state index >= 15 is 0 Å². The second-order valence-electron chi connectivity index (χ2n) is 1.18. The summed E-state index contributed by atoms with van der Waals surface area (Å²) < 4.78 is 25.3. The Morgan fingerprint density at radius 1 is 1.30 bits per heavy atom. The molecule has 0 aliphatic heterocycles. The maximum Gasteiger partial charge on any atom is 0.477 e. The Bertz CT molecular complexity index is 194. The maximum atomic E-state index is 10.3. The van der Waals surface area contributed by atoms with Crippen molar-refractivity contribution in [3.63, 3.8) is 0 Å². The van der Waals surface area contributed by atoms with E-state index in [1.54, 1.807) is 3.30 Å². The highest BCUT2D eigenvalue weighted by atomic mass is 127. The monoisotopic (exact) mass is 303 g/mol. The highest BCUT2D eigenvalue weighted by Gasteiger charge is 2.29. The van der Waals surface area contributed by atoms with Crippen molar-refractivity contribution in [1.82, 2.24) is 3.30 Å². The summed E-state index contributed by atoms with van der Waals surface area (Å²) in [5, 5.41) is 0. The van der Waals surface area contributed by atoms with Gasteiger partial charge in [-0.2, -0.15) is 7.61 Å². The van der Waals surface area contributed by atoms with Gasteiger partial charge in [0.2, 0.25) is 0 Å². The topological polar surface area (TPSA) is 116 Å². The fourth-order valence-electron chi connectivity index (χ4n) is 0.160. The number of nitrogens with one attached hydrogen (secondary N) is 1. The van der Waals surface area contributed by atoms with Gasteiger partial charge in [0.1, 0.15) is 0 Å². The molecule has 1 unspecified atom stereocenters. The fraction of sp³-hybridized carbons (Fsp3) is 0. The molecule has 10 heteroatoms. The minimum absolute atomic E-state index is 1.24. The van der Waals surface area contributed by atoms with Crippen molar-refractivity contribution in [2.45, 2.75) is 0 Å². The van der Waals surface area contributed by atoms with Crippen LogP contribution in [0.2, 0.25) is 0 Å². The van der Waals surface area contributed by atoms with Crippen molar-refractivity contribution in [3.8, 4) is 0 Å². The van der Waals surface area contributed by atoms with E-state index in [9.17, 15) is 9.13 Å². The third-order valence-corrected chi connectivity index (χ3v) is 4.10. The molecule has 0 spiro atoms. The molecule has 0 aromatic heterocycles. The minimum Gasteiger partial charge on any atom is -0.312 e. The van der Waals surface area contributed by atoms with Gasteiger partial charge >= 0.3 is 15.6 Å². The predicted octanol–water partition coefficient (Wildman–Crippen LogP) is 0.136. The lowest BCUT2D eigenvalue weighted by Crippen LogP contribution is -1.96. The van der Waals surface area contributed by atoms with Crippen molar-refractivity contribution < 1.29 is 28.1 Å². The zero-order valence-corrected chi connectivity index (χ0v) is 8.29. The molecule has 0 heterocycles. The Balaban J connectivity index is 4.17. The maximum absolute atomic E-state index is 10.3. The SMILES string of the molecule is O=P(O)(O)OP(=O)(O)NI. The van der Waals surface area contributed by atoms with Crippen LogP contribution in [0.3, 0.4) is 0 Å². The molecule has 7 nitrogen and oxygen atoms in total. The summed E-state index contributed by atoms with van der Waals surface area (Å²) in [6.45, 7) is 0. The Labute approximate surface area is 70.1 Å². The first-order valence-corrected chi connectivity index (χ1v) is 5.93. The van der Waals surface area contributed by atoms with E-state index in [2.05, 4.69) is 4.31 Å². The normalized spacial score (nSPS) is 18.4. The largest absolute Gasteiger partial charge is 0.477 e. The van der Waals surface area contributed by atoms with Crippen LogP contribution in [0.5, 0.6) is 0 Å². The van der Waals surface area contributed by atoms with Crippen molar-refractivity contribution >= 4 is 38.4 Å². The number of phosphoric acid groups is 1. The lowest BCUT2D eigenvalue weighted by Gasteiger charge is -2.08. The zero-order chi connectivity index (χ0) is 8.41. The molecule has 62 valence electrons. The van der Waals surface area contributed by atoms with Gasteiger partial charge in [0, 0.05) is 22.9 Å². The Morgan fingerprint density at radius 3 is 1.80 bits per heavy atom. The average Bonchev–Trinajstić information content (AvgIpc) is 1.60. The van der Waals surface area contributed by atoms with E-state index in [-0.39, 0.29) is 0 Å². The Kier molecular flexibility index (Phi) is 3.95. The second kappa shape index (κ2) is 3.59. The standard InChI is InChI=1S/H4INO6P2/c1-2-9(3,4)8-10(5,6)7/h(H2,2,3,4)(H2,5,6,7). The molecule has 1 atom stereocenters. The van der Waals surface area contributed by atoms with Gasteiger partial charge in [-0.05, 0) is 0 Å². The molecule has 10 heavy (non-hydrogen) atoms. The lowest BCUT2D eigenvalue weighted by molar-refractivity contribution is 0.263. The van der Waals surface area contributed by atoms with Crippen molar-refractivity contribution in [2.24, 2.45) is 0 Å². The molecule has 0 aliphatic rings. The van der Waals surface area contributed by atoms with Crippen molar-refractivity contribution in [2.75, 3.05) is 0 Å². The van der Waals surface area contributed by atoms with E-state index in [0.717, 1.165) is 0 Å². The summed E-state index contributed by atoms with van der Waals surface area (Å²) in [6, 6.07) is 0. The highest BCUT2D eigenvalue weighted by Crippen LogP contribution is 2.54. The number of halogens is 1. The van der Waals surface area contributed by atoms with Gasteiger partial charge < -0.3 is 14.7 Å². The van der Waals surface area contributed by atoms with Gasteiger partial charge in [0.15, 0.2) is 0 Å². The first-order chi connectivity index (χ1) is 4.27. The minimum atomic E-state index is -4.88. The first-order valence-electron chi connectivity index (χ1n) is 1.74. The van der Waals surface area contributed by atoms with Gasteiger partial charge in [-0.25, -0.2) is 9.13 Å². The summed E-state index contributed by atoms with van der Waals surface area (Å²) in [4.78, 5) is 24.4. The van der Waals surface area contributed by atoms with E-state index < -0.39 is 15.6 Å². The van der Waals surface area contributed by atoms with E-state index in [0.29, 0.717) is 0 Å². The first kappa shape index (κ1) is 11.0. The van der Waals surface area contributed by atoms with Crippen molar-refractivity contribution in [3.05, 3.63) is 0 Å². The van der Waals surface area contributed by atoms with Gasteiger partial charge in [0.05, 0.1) is 0 Å². The van der Waals surface area contributed by atoms with Gasteiger partial charge in [-0.3, -0.25) is 0 Å². The van der Waals surface area contributed by atoms with E-state index in [4.69, 9.17) is 14.7 Å². The quantitative estimate of drug-likeness (QED) is 0.333. The van der Waals surface area contributed by atoms with Gasteiger partial charge in [-0.15, -0.1) is 0 Å². The Hall–Kier alpha value is 0.990. The average molecular weight is 303 g/mol. The van der Waals surface area contributed by atoms with E-state index in [1.807, 2.05) is 0 Å². The van der Waals surface area contributed by atoms with Crippen LogP contribution in [0.4, 0.5) is 0 Å². The molecular formula is H4INO6P2. The molecule has 0 saturated heterocycles. The van der Waals surface area contributed by atoms with Crippen LogP contribution in [0.1, 0.15) is 0 Å². The van der Waals surface area contributed by atoms with Crippen LogP contribution in [-0.2, 0) is 13.4 Å². The van der Waals surface area contributed by atoms with Crippen LogP contribution in [0, 0.1) is 0 Å². The molecular weight excluding hydrogens is 299 g/mol. The third-order valence-electron chi connectivity index (χ3n) is 0.324. The second-order valence-corrected chi connectivity index (χ2v) is 5.47. The molecule has 0 saturated carbocycles. The van der Waals surface area contributed by atoms with Crippen LogP contribution in [0.25, 0.3) is 0 Å². The lowest BCUT2D eigenvalue weighted by atomic mass is 13.9. The summed E-state index contributed by atoms with van der Waals surface area (Å²) >= 11 is 1.24. The molecule has 0 bridgehead atoms. The summed E-state index contributed by atoms with van der Waals surface area (Å²) in [7, 11) is -9.21. The van der Waals surface area contributed by atoms with Crippen LogP contribution in [0.15, 0.2) is 0 Å². The number of hydrogen-bond acceptors (Lipinski definition) is 3. The van der Waals surface area contributed by atoms with Crippen LogP contribution >= 0.6 is 38.4 Å². The third kappa shape index (κ3) is 5.75. The molecule has 0 amide bonds. The molecule has 4 N–H and O–H groups in total. The Morgan fingerprint density at radius 2 is 1.70 bits per heavy atom. The number of hydrogen-bond donors (Lipinski definition) is 4. The number of rotatable bonds is 3. The summed E-state index contributed by atoms with van der Waals surface area (Å²) in [5.41, 5.74) is 0. The summed E-state index contributed by atoms with van der Waals surface area (Å²) in [6.07, 6.45) is 0. The summed E-state index contributed by atoms with van der Waals surface area (Å²) in [5.74, 6) is 0. The van der Waals surface area contributed by atoms with Gasteiger partial charge in [-0.1, -0.05) is 0 Å². The molecule has 0 aliphatic carbocycles. The smallest absolute Gasteiger partial charge is 0.312 e. The molecule has 0 aromatic carbocycles. The molecule has 0 fully saturated rings. The van der Waals surface area contributed by atoms with Crippen molar-refractivity contribution in [1.29, 1.82) is 0 Å².